The maximum absolute atomic E-state index is 13.4. The maximum atomic E-state index is 13.4. The molecule has 180 valence electrons. The molecule has 2 heterocycles. The number of aryl methyl sites for hydroxylation is 3. The van der Waals surface area contributed by atoms with E-state index in [1.165, 1.54) is 0 Å². The number of hydrogen-bond acceptors (Lipinski definition) is 8. The summed E-state index contributed by atoms with van der Waals surface area (Å²) in [5.41, 5.74) is 9.44. The zero-order valence-electron chi connectivity index (χ0n) is 20.0. The van der Waals surface area contributed by atoms with E-state index >= 15 is 0 Å². The van der Waals surface area contributed by atoms with Crippen molar-refractivity contribution in [3.63, 3.8) is 0 Å². The number of rotatable bonds is 6. The average molecular weight is 482 g/mol. The second kappa shape index (κ2) is 9.65. The van der Waals surface area contributed by atoms with Crippen LogP contribution in [0.2, 0.25) is 0 Å². The summed E-state index contributed by atoms with van der Waals surface area (Å²) in [6.07, 6.45) is 0. The predicted molar refractivity (Wildman–Crippen MR) is 133 cm³/mol. The number of anilines is 3. The van der Waals surface area contributed by atoms with E-state index in [1.54, 1.807) is 4.31 Å². The van der Waals surface area contributed by atoms with Crippen molar-refractivity contribution >= 4 is 27.6 Å². The van der Waals surface area contributed by atoms with Crippen molar-refractivity contribution in [3.05, 3.63) is 65.0 Å². The molecule has 1 aliphatic heterocycles. The standard InChI is InChI=1S/C24H31N7O2S/c1-16-14-17(2)21(18(3)15-16)34(32,33)31-12-10-30(11-13-31)19(4)22-27-23(25)29-24(28-22)26-20-8-6-5-7-9-20/h5-9,14-15,19H,10-13H2,1-4H3,(H3,25,26,27,28,29). The number of nitrogens with one attached hydrogen (secondary N) is 1. The molecule has 1 fully saturated rings. The smallest absolute Gasteiger partial charge is 0.243 e. The molecule has 0 saturated carbocycles. The lowest BCUT2D eigenvalue weighted by Gasteiger charge is -2.37. The maximum Gasteiger partial charge on any atom is 0.243 e. The molecule has 1 saturated heterocycles. The van der Waals surface area contributed by atoms with Gasteiger partial charge in [-0.3, -0.25) is 4.90 Å². The molecule has 1 aromatic heterocycles. The number of para-hydroxylation sites is 1. The fourth-order valence-corrected chi connectivity index (χ4v) is 6.33. The molecule has 2 aromatic carbocycles. The number of aromatic nitrogens is 3. The summed E-state index contributed by atoms with van der Waals surface area (Å²) < 4.78 is 28.4. The monoisotopic (exact) mass is 481 g/mol. The fraction of sp³-hybridized carbons (Fsp3) is 0.375. The number of nitrogen functional groups attached to an aromatic ring is 1. The number of piperazine rings is 1. The van der Waals surface area contributed by atoms with Crippen molar-refractivity contribution in [2.24, 2.45) is 0 Å². The predicted octanol–water partition coefficient (Wildman–Crippen LogP) is 3.19. The van der Waals surface area contributed by atoms with E-state index in [9.17, 15) is 8.42 Å². The zero-order valence-corrected chi connectivity index (χ0v) is 20.8. The summed E-state index contributed by atoms with van der Waals surface area (Å²) in [6.45, 7) is 9.62. The van der Waals surface area contributed by atoms with E-state index in [0.717, 1.165) is 22.4 Å². The SMILES string of the molecule is Cc1cc(C)c(S(=O)(=O)N2CCN(C(C)c3nc(N)nc(Nc4ccccc4)n3)CC2)c(C)c1. The van der Waals surface area contributed by atoms with Crippen molar-refractivity contribution in [2.45, 2.75) is 38.6 Å². The largest absolute Gasteiger partial charge is 0.368 e. The van der Waals surface area contributed by atoms with Crippen molar-refractivity contribution in [1.82, 2.24) is 24.2 Å². The molecule has 0 aliphatic carbocycles. The number of sulfonamides is 1. The summed E-state index contributed by atoms with van der Waals surface area (Å²) >= 11 is 0. The van der Waals surface area contributed by atoms with Gasteiger partial charge in [-0.1, -0.05) is 35.9 Å². The third-order valence-corrected chi connectivity index (χ3v) is 8.30. The highest BCUT2D eigenvalue weighted by molar-refractivity contribution is 7.89. The van der Waals surface area contributed by atoms with Crippen molar-refractivity contribution in [1.29, 1.82) is 0 Å². The molecule has 0 spiro atoms. The second-order valence-electron chi connectivity index (χ2n) is 8.71. The minimum absolute atomic E-state index is 0.141. The van der Waals surface area contributed by atoms with Gasteiger partial charge in [-0.2, -0.15) is 19.3 Å². The summed E-state index contributed by atoms with van der Waals surface area (Å²) in [6, 6.07) is 13.3. The molecule has 1 aliphatic rings. The van der Waals surface area contributed by atoms with Crippen LogP contribution in [0.1, 0.15) is 35.5 Å². The molecule has 3 N–H and O–H groups in total. The van der Waals surface area contributed by atoms with E-state index in [1.807, 2.05) is 70.2 Å². The Labute approximate surface area is 201 Å². The summed E-state index contributed by atoms with van der Waals surface area (Å²) in [7, 11) is -3.57. The van der Waals surface area contributed by atoms with E-state index in [4.69, 9.17) is 5.73 Å². The number of hydrogen-bond donors (Lipinski definition) is 2. The van der Waals surface area contributed by atoms with Crippen LogP contribution in [0.15, 0.2) is 47.4 Å². The first-order chi connectivity index (χ1) is 16.1. The van der Waals surface area contributed by atoms with Gasteiger partial charge in [0.15, 0.2) is 5.82 Å². The van der Waals surface area contributed by atoms with Crippen LogP contribution in [-0.4, -0.2) is 58.8 Å². The molecule has 0 bridgehead atoms. The topological polar surface area (TPSA) is 117 Å². The van der Waals surface area contributed by atoms with E-state index < -0.39 is 10.0 Å². The van der Waals surface area contributed by atoms with Gasteiger partial charge < -0.3 is 11.1 Å². The van der Waals surface area contributed by atoms with Crippen LogP contribution in [0.4, 0.5) is 17.6 Å². The zero-order chi connectivity index (χ0) is 24.5. The first kappa shape index (κ1) is 24.1. The molecule has 0 radical (unpaired) electrons. The van der Waals surface area contributed by atoms with Gasteiger partial charge in [0.25, 0.3) is 0 Å². The van der Waals surface area contributed by atoms with Crippen LogP contribution in [-0.2, 0) is 10.0 Å². The Hall–Kier alpha value is -3.08. The lowest BCUT2D eigenvalue weighted by atomic mass is 10.1. The first-order valence-electron chi connectivity index (χ1n) is 11.3. The molecular weight excluding hydrogens is 450 g/mol. The molecular formula is C24H31N7O2S. The van der Waals surface area contributed by atoms with Crippen LogP contribution in [0.25, 0.3) is 0 Å². The summed E-state index contributed by atoms with van der Waals surface area (Å²) in [5.74, 6) is 1.07. The lowest BCUT2D eigenvalue weighted by molar-refractivity contribution is 0.141. The van der Waals surface area contributed by atoms with Gasteiger partial charge in [0.1, 0.15) is 0 Å². The number of nitrogens with zero attached hydrogens (tertiary/aromatic N) is 5. The second-order valence-corrected chi connectivity index (χ2v) is 10.6. The van der Waals surface area contributed by atoms with Crippen molar-refractivity contribution in [2.75, 3.05) is 37.2 Å². The van der Waals surface area contributed by atoms with Gasteiger partial charge in [-0.05, 0) is 51.0 Å². The Balaban J connectivity index is 1.47. The van der Waals surface area contributed by atoms with E-state index in [2.05, 4.69) is 25.2 Å². The van der Waals surface area contributed by atoms with Gasteiger partial charge in [-0.15, -0.1) is 0 Å². The molecule has 1 atom stereocenters. The molecule has 10 heteroatoms. The van der Waals surface area contributed by atoms with Gasteiger partial charge in [0, 0.05) is 31.9 Å². The van der Waals surface area contributed by atoms with E-state index in [0.29, 0.717) is 42.8 Å². The third-order valence-electron chi connectivity index (χ3n) is 6.10. The highest BCUT2D eigenvalue weighted by Crippen LogP contribution is 2.28. The van der Waals surface area contributed by atoms with Crippen molar-refractivity contribution < 1.29 is 8.42 Å². The highest BCUT2D eigenvalue weighted by Gasteiger charge is 2.33. The molecule has 0 amide bonds. The first-order valence-corrected chi connectivity index (χ1v) is 12.7. The minimum atomic E-state index is -3.57. The third kappa shape index (κ3) is 5.03. The van der Waals surface area contributed by atoms with Crippen LogP contribution < -0.4 is 11.1 Å². The Morgan fingerprint density at radius 1 is 0.941 bits per heavy atom. The summed E-state index contributed by atoms with van der Waals surface area (Å²) in [5, 5.41) is 3.15. The van der Waals surface area contributed by atoms with Gasteiger partial charge in [-0.25, -0.2) is 8.42 Å². The van der Waals surface area contributed by atoms with Gasteiger partial charge >= 0.3 is 0 Å². The average Bonchev–Trinajstić information content (AvgIpc) is 2.78. The quantitative estimate of drug-likeness (QED) is 0.551. The Bertz CT molecular complexity index is 1250. The normalized spacial score (nSPS) is 16.4. The van der Waals surface area contributed by atoms with E-state index in [-0.39, 0.29) is 12.0 Å². The molecule has 1 unspecified atom stereocenters. The highest BCUT2D eigenvalue weighted by atomic mass is 32.2. The van der Waals surface area contributed by atoms with Crippen LogP contribution >= 0.6 is 0 Å². The Kier molecular flexibility index (Phi) is 6.83. The van der Waals surface area contributed by atoms with Crippen molar-refractivity contribution in [3.8, 4) is 0 Å². The molecule has 3 aromatic rings. The molecule has 4 rings (SSSR count). The van der Waals surface area contributed by atoms with Crippen LogP contribution in [0.5, 0.6) is 0 Å². The number of benzene rings is 2. The molecule has 9 nitrogen and oxygen atoms in total. The summed E-state index contributed by atoms with van der Waals surface area (Å²) in [4.78, 5) is 15.7. The number of nitrogens with two attached hydrogens (primary N) is 1. The van der Waals surface area contributed by atoms with Gasteiger partial charge in [0.2, 0.25) is 21.9 Å². The molecule has 34 heavy (non-hydrogen) atoms. The lowest BCUT2D eigenvalue weighted by Crippen LogP contribution is -2.49. The minimum Gasteiger partial charge on any atom is -0.368 e. The van der Waals surface area contributed by atoms with Crippen LogP contribution in [0.3, 0.4) is 0 Å². The Morgan fingerprint density at radius 3 is 2.18 bits per heavy atom. The van der Waals surface area contributed by atoms with Crippen LogP contribution in [0, 0.1) is 20.8 Å². The fourth-order valence-electron chi connectivity index (χ4n) is 4.50. The van der Waals surface area contributed by atoms with Gasteiger partial charge in [0.05, 0.1) is 10.9 Å². The Morgan fingerprint density at radius 2 is 1.56 bits per heavy atom.